The summed E-state index contributed by atoms with van der Waals surface area (Å²) in [6.45, 7) is 10.9. The number of rotatable bonds is 3. The Bertz CT molecular complexity index is 477. The number of carbonyl (C=O) groups excluding carboxylic acids is 1. The highest BCUT2D eigenvalue weighted by molar-refractivity contribution is 5.95. The molecular formula is C16H25N3O. The van der Waals surface area contributed by atoms with Crippen molar-refractivity contribution in [2.75, 3.05) is 25.0 Å². The van der Waals surface area contributed by atoms with Crippen LogP contribution in [0.4, 0.5) is 5.82 Å². The number of likely N-dealkylation sites (tertiary alicyclic amines) is 1. The number of anilines is 1. The van der Waals surface area contributed by atoms with Crippen molar-refractivity contribution in [1.82, 2.24) is 9.88 Å². The minimum atomic E-state index is 0.132. The monoisotopic (exact) mass is 275 g/mol. The van der Waals surface area contributed by atoms with Gasteiger partial charge in [-0.2, -0.15) is 0 Å². The topological polar surface area (TPSA) is 45.2 Å². The lowest BCUT2D eigenvalue weighted by atomic mass is 9.91. The zero-order valence-corrected chi connectivity index (χ0v) is 12.9. The van der Waals surface area contributed by atoms with E-state index in [2.05, 4.69) is 24.1 Å². The summed E-state index contributed by atoms with van der Waals surface area (Å²) < 4.78 is 0. The van der Waals surface area contributed by atoms with Crippen LogP contribution in [0.3, 0.4) is 0 Å². The molecule has 1 aromatic rings. The van der Waals surface area contributed by atoms with Crippen LogP contribution < -0.4 is 5.32 Å². The van der Waals surface area contributed by atoms with Crippen LogP contribution in [-0.2, 0) is 0 Å². The Morgan fingerprint density at radius 3 is 2.60 bits per heavy atom. The molecule has 1 aliphatic rings. The van der Waals surface area contributed by atoms with Crippen molar-refractivity contribution in [3.05, 3.63) is 23.4 Å². The minimum absolute atomic E-state index is 0.132. The smallest absolute Gasteiger partial charge is 0.254 e. The summed E-state index contributed by atoms with van der Waals surface area (Å²) in [6, 6.07) is 3.75. The summed E-state index contributed by atoms with van der Waals surface area (Å²) >= 11 is 0. The van der Waals surface area contributed by atoms with Gasteiger partial charge in [0.2, 0.25) is 0 Å². The van der Waals surface area contributed by atoms with Gasteiger partial charge >= 0.3 is 0 Å². The lowest BCUT2D eigenvalue weighted by Gasteiger charge is -2.35. The number of hydrogen-bond acceptors (Lipinski definition) is 3. The molecule has 2 unspecified atom stereocenters. The van der Waals surface area contributed by atoms with Crippen LogP contribution in [0.1, 0.15) is 43.2 Å². The van der Waals surface area contributed by atoms with Gasteiger partial charge < -0.3 is 10.2 Å². The number of amides is 1. The summed E-state index contributed by atoms with van der Waals surface area (Å²) in [7, 11) is 0. The molecule has 0 aromatic carbocycles. The predicted molar refractivity (Wildman–Crippen MR) is 82.0 cm³/mol. The molecule has 1 N–H and O–H groups in total. The summed E-state index contributed by atoms with van der Waals surface area (Å²) in [5, 5.41) is 3.18. The average Bonchev–Trinajstić information content (AvgIpc) is 2.36. The van der Waals surface area contributed by atoms with E-state index in [0.29, 0.717) is 11.8 Å². The Morgan fingerprint density at radius 2 is 2.00 bits per heavy atom. The molecule has 1 amide bonds. The summed E-state index contributed by atoms with van der Waals surface area (Å²) in [5.41, 5.74) is 1.62. The number of nitrogens with zero attached hydrogens (tertiary/aromatic N) is 2. The maximum Gasteiger partial charge on any atom is 0.254 e. The van der Waals surface area contributed by atoms with Crippen molar-refractivity contribution < 1.29 is 4.79 Å². The average molecular weight is 275 g/mol. The zero-order valence-electron chi connectivity index (χ0n) is 12.9. The van der Waals surface area contributed by atoms with E-state index in [9.17, 15) is 4.79 Å². The summed E-state index contributed by atoms with van der Waals surface area (Å²) in [5.74, 6) is 2.08. The minimum Gasteiger partial charge on any atom is -0.370 e. The first-order chi connectivity index (χ1) is 9.49. The van der Waals surface area contributed by atoms with Crippen molar-refractivity contribution >= 4 is 11.7 Å². The van der Waals surface area contributed by atoms with E-state index in [1.54, 1.807) is 0 Å². The molecule has 0 radical (unpaired) electrons. The first-order valence-electron chi connectivity index (χ1n) is 7.51. The molecule has 1 aromatic heterocycles. The third-order valence-corrected chi connectivity index (χ3v) is 3.71. The lowest BCUT2D eigenvalue weighted by molar-refractivity contribution is 0.0623. The van der Waals surface area contributed by atoms with Crippen LogP contribution in [0.2, 0.25) is 0 Å². The van der Waals surface area contributed by atoms with Crippen molar-refractivity contribution in [3.8, 4) is 0 Å². The number of aromatic nitrogens is 1. The molecule has 20 heavy (non-hydrogen) atoms. The fourth-order valence-corrected chi connectivity index (χ4v) is 3.08. The molecular weight excluding hydrogens is 250 g/mol. The quantitative estimate of drug-likeness (QED) is 0.922. The van der Waals surface area contributed by atoms with Gasteiger partial charge in [-0.25, -0.2) is 4.98 Å². The van der Waals surface area contributed by atoms with Crippen LogP contribution in [0.15, 0.2) is 12.1 Å². The van der Waals surface area contributed by atoms with Crippen molar-refractivity contribution in [2.24, 2.45) is 11.8 Å². The molecule has 2 rings (SSSR count). The van der Waals surface area contributed by atoms with Gasteiger partial charge in [0.1, 0.15) is 5.82 Å². The second kappa shape index (κ2) is 6.25. The van der Waals surface area contributed by atoms with Crippen LogP contribution in [0.5, 0.6) is 0 Å². The van der Waals surface area contributed by atoms with Gasteiger partial charge in [0.25, 0.3) is 5.91 Å². The molecule has 4 nitrogen and oxygen atoms in total. The molecule has 1 aliphatic heterocycles. The second-order valence-corrected chi connectivity index (χ2v) is 6.07. The molecule has 0 saturated carbocycles. The highest BCUT2D eigenvalue weighted by Gasteiger charge is 2.26. The fourth-order valence-electron chi connectivity index (χ4n) is 3.08. The number of piperidine rings is 1. The molecule has 4 heteroatoms. The Balaban J connectivity index is 2.19. The van der Waals surface area contributed by atoms with E-state index in [4.69, 9.17) is 0 Å². The molecule has 2 heterocycles. The van der Waals surface area contributed by atoms with E-state index in [-0.39, 0.29) is 5.91 Å². The largest absolute Gasteiger partial charge is 0.370 e. The fraction of sp³-hybridized carbons (Fsp3) is 0.625. The normalized spacial score (nSPS) is 22.7. The summed E-state index contributed by atoms with van der Waals surface area (Å²) in [4.78, 5) is 19.1. The van der Waals surface area contributed by atoms with E-state index in [1.807, 2.05) is 30.9 Å². The Labute approximate surface area is 121 Å². The predicted octanol–water partition coefficient (Wildman–Crippen LogP) is 2.94. The number of pyridine rings is 1. The molecule has 1 saturated heterocycles. The van der Waals surface area contributed by atoms with Gasteiger partial charge in [0, 0.05) is 30.9 Å². The molecule has 0 aliphatic carbocycles. The molecule has 110 valence electrons. The lowest BCUT2D eigenvalue weighted by Crippen LogP contribution is -2.42. The molecule has 0 bridgehead atoms. The Kier molecular flexibility index (Phi) is 4.63. The van der Waals surface area contributed by atoms with Gasteiger partial charge in [-0.1, -0.05) is 13.8 Å². The number of aryl methyl sites for hydroxylation is 1. The van der Waals surface area contributed by atoms with Crippen molar-refractivity contribution in [3.63, 3.8) is 0 Å². The van der Waals surface area contributed by atoms with E-state index in [0.717, 1.165) is 36.7 Å². The number of carbonyl (C=O) groups is 1. The van der Waals surface area contributed by atoms with Crippen molar-refractivity contribution in [2.45, 2.75) is 34.1 Å². The van der Waals surface area contributed by atoms with Crippen LogP contribution in [0.25, 0.3) is 0 Å². The Hall–Kier alpha value is -1.58. The van der Waals surface area contributed by atoms with Crippen LogP contribution >= 0.6 is 0 Å². The maximum absolute atomic E-state index is 12.7. The second-order valence-electron chi connectivity index (χ2n) is 6.07. The number of nitrogens with one attached hydrogen (secondary N) is 1. The van der Waals surface area contributed by atoms with Crippen LogP contribution in [-0.4, -0.2) is 35.4 Å². The van der Waals surface area contributed by atoms with E-state index < -0.39 is 0 Å². The zero-order chi connectivity index (χ0) is 14.7. The first kappa shape index (κ1) is 14.8. The summed E-state index contributed by atoms with van der Waals surface area (Å²) in [6.07, 6.45) is 1.21. The third kappa shape index (κ3) is 3.50. The van der Waals surface area contributed by atoms with Gasteiger partial charge in [-0.15, -0.1) is 0 Å². The van der Waals surface area contributed by atoms with Crippen LogP contribution in [0, 0.1) is 18.8 Å². The first-order valence-corrected chi connectivity index (χ1v) is 7.51. The van der Waals surface area contributed by atoms with E-state index >= 15 is 0 Å². The molecule has 0 spiro atoms. The standard InChI is InChI=1S/C16H25N3O/c1-5-17-15-8-14(7-13(4)18-15)16(20)19-9-11(2)6-12(3)10-19/h7-8,11-12H,5-6,9-10H2,1-4H3,(H,17,18). The Morgan fingerprint density at radius 1 is 1.35 bits per heavy atom. The molecule has 2 atom stereocenters. The SMILES string of the molecule is CCNc1cc(C(=O)N2CC(C)CC(C)C2)cc(C)n1. The van der Waals surface area contributed by atoms with Gasteiger partial charge in [0.15, 0.2) is 0 Å². The third-order valence-electron chi connectivity index (χ3n) is 3.71. The maximum atomic E-state index is 12.7. The molecule has 1 fully saturated rings. The van der Waals surface area contributed by atoms with Gasteiger partial charge in [-0.05, 0) is 44.2 Å². The van der Waals surface area contributed by atoms with Gasteiger partial charge in [-0.3, -0.25) is 4.79 Å². The van der Waals surface area contributed by atoms with Gasteiger partial charge in [0.05, 0.1) is 0 Å². The highest BCUT2D eigenvalue weighted by atomic mass is 16.2. The van der Waals surface area contributed by atoms with Crippen molar-refractivity contribution in [1.29, 1.82) is 0 Å². The highest BCUT2D eigenvalue weighted by Crippen LogP contribution is 2.23. The number of hydrogen-bond donors (Lipinski definition) is 1. The van der Waals surface area contributed by atoms with E-state index in [1.165, 1.54) is 6.42 Å².